The number of fused-ring (bicyclic) bond motifs is 1. The summed E-state index contributed by atoms with van der Waals surface area (Å²) < 4.78 is 5.59. The Morgan fingerprint density at radius 2 is 1.61 bits per heavy atom. The molecule has 0 saturated heterocycles. The smallest absolute Gasteiger partial charge is 0.193 e. The van der Waals surface area contributed by atoms with Crippen LogP contribution in [-0.4, -0.2) is 22.3 Å². The van der Waals surface area contributed by atoms with Crippen molar-refractivity contribution < 1.29 is 9.84 Å². The van der Waals surface area contributed by atoms with E-state index in [0.29, 0.717) is 10.7 Å². The van der Waals surface area contributed by atoms with E-state index in [-0.39, 0.29) is 11.8 Å². The van der Waals surface area contributed by atoms with Crippen LogP contribution in [0.15, 0.2) is 97.1 Å². The number of phenols is 1. The van der Waals surface area contributed by atoms with Crippen LogP contribution in [0.1, 0.15) is 17.2 Å². The highest BCUT2D eigenvalue weighted by molar-refractivity contribution is 7.80. The molecule has 0 aromatic heterocycles. The number of para-hydroxylation sites is 2. The maximum Gasteiger partial charge on any atom is 0.193 e. The van der Waals surface area contributed by atoms with E-state index in [1.165, 1.54) is 0 Å². The third-order valence-corrected chi connectivity index (χ3v) is 6.04. The van der Waals surface area contributed by atoms with E-state index in [0.717, 1.165) is 33.5 Å². The number of benzene rings is 4. The van der Waals surface area contributed by atoms with Crippen molar-refractivity contribution in [3.8, 4) is 11.5 Å². The van der Waals surface area contributed by atoms with Crippen LogP contribution in [0, 0.1) is 0 Å². The fourth-order valence-corrected chi connectivity index (χ4v) is 4.44. The van der Waals surface area contributed by atoms with Gasteiger partial charge in [0, 0.05) is 16.6 Å². The van der Waals surface area contributed by atoms with Gasteiger partial charge in [0.25, 0.3) is 0 Å². The van der Waals surface area contributed by atoms with Crippen molar-refractivity contribution in [2.24, 2.45) is 0 Å². The summed E-state index contributed by atoms with van der Waals surface area (Å²) in [6.07, 6.45) is 2.09. The van der Waals surface area contributed by atoms with Gasteiger partial charge in [-0.2, -0.15) is 0 Å². The van der Waals surface area contributed by atoms with Gasteiger partial charge in [0.2, 0.25) is 0 Å². The molecule has 4 aromatic rings. The number of thiocarbonyl (C=S) groups is 1. The highest BCUT2D eigenvalue weighted by Gasteiger charge is 2.31. The topological polar surface area (TPSA) is 56.8 Å². The standard InChI is InChI=1S/C27H23N3O2S/c1-32-26-16-15-20(19-11-5-6-12-21(19)26)24-17-23(22-13-7-8-14-25(22)31)29-30(24)27(33)28-18-9-3-2-4-10-18/h2-17,24,29,31H,1H3,(H,28,33). The molecule has 1 aliphatic heterocycles. The van der Waals surface area contributed by atoms with E-state index in [2.05, 4.69) is 35.0 Å². The first-order chi connectivity index (χ1) is 16.2. The Balaban J connectivity index is 1.60. The van der Waals surface area contributed by atoms with Gasteiger partial charge in [-0.25, -0.2) is 0 Å². The number of hydrogen-bond acceptors (Lipinski definition) is 4. The maximum absolute atomic E-state index is 10.5. The average molecular weight is 454 g/mol. The lowest BCUT2D eigenvalue weighted by Gasteiger charge is -2.29. The van der Waals surface area contributed by atoms with E-state index >= 15 is 0 Å². The Morgan fingerprint density at radius 3 is 2.36 bits per heavy atom. The molecule has 1 unspecified atom stereocenters. The molecule has 0 aliphatic carbocycles. The summed E-state index contributed by atoms with van der Waals surface area (Å²) in [5, 5.41) is 18.3. The highest BCUT2D eigenvalue weighted by atomic mass is 32.1. The number of anilines is 1. The minimum absolute atomic E-state index is 0.207. The SMILES string of the molecule is COc1ccc(C2C=C(c3ccccc3O)NN2C(=S)Nc2ccccc2)c2ccccc12. The number of nitrogens with one attached hydrogen (secondary N) is 2. The number of methoxy groups -OCH3 is 1. The second kappa shape index (κ2) is 8.84. The van der Waals surface area contributed by atoms with Crippen molar-refractivity contribution in [3.63, 3.8) is 0 Å². The van der Waals surface area contributed by atoms with Crippen LogP contribution in [0.5, 0.6) is 11.5 Å². The van der Waals surface area contributed by atoms with Gasteiger partial charge >= 0.3 is 0 Å². The van der Waals surface area contributed by atoms with Gasteiger partial charge in [-0.3, -0.25) is 10.4 Å². The third-order valence-electron chi connectivity index (χ3n) is 5.74. The Kier molecular flexibility index (Phi) is 5.59. The predicted octanol–water partition coefficient (Wildman–Crippen LogP) is 5.85. The highest BCUT2D eigenvalue weighted by Crippen LogP contribution is 2.39. The van der Waals surface area contributed by atoms with Gasteiger partial charge in [0.15, 0.2) is 5.11 Å². The lowest BCUT2D eigenvalue weighted by atomic mass is 9.97. The fourth-order valence-electron chi connectivity index (χ4n) is 4.16. The van der Waals surface area contributed by atoms with Gasteiger partial charge < -0.3 is 15.2 Å². The minimum atomic E-state index is -0.209. The first-order valence-corrected chi connectivity index (χ1v) is 11.0. The summed E-state index contributed by atoms with van der Waals surface area (Å²) >= 11 is 5.81. The van der Waals surface area contributed by atoms with Gasteiger partial charge in [-0.05, 0) is 59.6 Å². The average Bonchev–Trinajstić information content (AvgIpc) is 3.29. The first-order valence-electron chi connectivity index (χ1n) is 10.6. The van der Waals surface area contributed by atoms with E-state index in [4.69, 9.17) is 17.0 Å². The summed E-state index contributed by atoms with van der Waals surface area (Å²) in [6.45, 7) is 0. The van der Waals surface area contributed by atoms with Gasteiger partial charge in [0.05, 0.1) is 18.8 Å². The zero-order valence-electron chi connectivity index (χ0n) is 18.0. The van der Waals surface area contributed by atoms with Crippen molar-refractivity contribution in [2.75, 3.05) is 12.4 Å². The van der Waals surface area contributed by atoms with Crippen molar-refractivity contribution in [2.45, 2.75) is 6.04 Å². The summed E-state index contributed by atoms with van der Waals surface area (Å²) in [5.41, 5.74) is 6.88. The quantitative estimate of drug-likeness (QED) is 0.337. The van der Waals surface area contributed by atoms with Crippen molar-refractivity contribution in [1.29, 1.82) is 0 Å². The molecule has 0 amide bonds. The van der Waals surface area contributed by atoms with E-state index in [9.17, 15) is 5.11 Å². The molecule has 6 heteroatoms. The number of aromatic hydroxyl groups is 1. The predicted molar refractivity (Wildman–Crippen MR) is 137 cm³/mol. The molecule has 1 atom stereocenters. The van der Waals surface area contributed by atoms with Gasteiger partial charge in [-0.1, -0.05) is 60.7 Å². The summed E-state index contributed by atoms with van der Waals surface area (Å²) in [4.78, 5) is 0. The summed E-state index contributed by atoms with van der Waals surface area (Å²) in [6, 6.07) is 29.1. The third kappa shape index (κ3) is 3.97. The molecular weight excluding hydrogens is 430 g/mol. The van der Waals surface area contributed by atoms with Crippen LogP contribution in [0.3, 0.4) is 0 Å². The molecule has 33 heavy (non-hydrogen) atoms. The lowest BCUT2D eigenvalue weighted by molar-refractivity contribution is 0.349. The number of hydrogen-bond donors (Lipinski definition) is 3. The molecule has 5 nitrogen and oxygen atoms in total. The number of rotatable bonds is 4. The summed E-state index contributed by atoms with van der Waals surface area (Å²) in [5.74, 6) is 1.03. The minimum Gasteiger partial charge on any atom is -0.507 e. The zero-order chi connectivity index (χ0) is 22.8. The second-order valence-electron chi connectivity index (χ2n) is 7.72. The number of phenolic OH excluding ortho intramolecular Hbond substituents is 1. The maximum atomic E-state index is 10.5. The fraction of sp³-hybridized carbons (Fsp3) is 0.0741. The lowest BCUT2D eigenvalue weighted by Crippen LogP contribution is -2.42. The number of nitrogens with zero attached hydrogens (tertiary/aromatic N) is 1. The molecule has 0 bridgehead atoms. The molecule has 4 aromatic carbocycles. The molecule has 0 fully saturated rings. The van der Waals surface area contributed by atoms with Crippen LogP contribution < -0.4 is 15.5 Å². The number of hydrazine groups is 1. The van der Waals surface area contributed by atoms with Crippen LogP contribution in [-0.2, 0) is 0 Å². The molecule has 3 N–H and O–H groups in total. The molecule has 0 saturated carbocycles. The molecule has 5 rings (SSSR count). The van der Waals surface area contributed by atoms with Crippen LogP contribution in [0.2, 0.25) is 0 Å². The Morgan fingerprint density at radius 1 is 0.909 bits per heavy atom. The van der Waals surface area contributed by atoms with Crippen molar-refractivity contribution in [3.05, 3.63) is 108 Å². The van der Waals surface area contributed by atoms with E-state index in [1.807, 2.05) is 71.7 Å². The largest absolute Gasteiger partial charge is 0.507 e. The molecule has 164 valence electrons. The van der Waals surface area contributed by atoms with E-state index < -0.39 is 0 Å². The van der Waals surface area contributed by atoms with Crippen molar-refractivity contribution >= 4 is 39.5 Å². The summed E-state index contributed by atoms with van der Waals surface area (Å²) in [7, 11) is 1.68. The Labute approximate surface area is 197 Å². The Bertz CT molecular complexity index is 1350. The molecule has 1 aliphatic rings. The Hall–Kier alpha value is -4.03. The second-order valence-corrected chi connectivity index (χ2v) is 8.11. The molecule has 0 spiro atoms. The normalized spacial score (nSPS) is 15.1. The van der Waals surface area contributed by atoms with Crippen LogP contribution >= 0.6 is 12.2 Å². The van der Waals surface area contributed by atoms with E-state index in [1.54, 1.807) is 13.2 Å². The monoisotopic (exact) mass is 453 g/mol. The van der Waals surface area contributed by atoms with Crippen LogP contribution in [0.4, 0.5) is 5.69 Å². The van der Waals surface area contributed by atoms with Crippen LogP contribution in [0.25, 0.3) is 16.5 Å². The zero-order valence-corrected chi connectivity index (χ0v) is 18.8. The van der Waals surface area contributed by atoms with Gasteiger partial charge in [-0.15, -0.1) is 0 Å². The molecular formula is C27H23N3O2S. The number of ether oxygens (including phenoxy) is 1. The first kappa shape index (κ1) is 20.8. The van der Waals surface area contributed by atoms with Gasteiger partial charge in [0.1, 0.15) is 11.5 Å². The van der Waals surface area contributed by atoms with Crippen molar-refractivity contribution in [1.82, 2.24) is 10.4 Å². The molecule has 0 radical (unpaired) electrons. The molecule has 1 heterocycles.